The van der Waals surface area contributed by atoms with Crippen LogP contribution in [0.25, 0.3) is 0 Å². The molecular weight excluding hydrogens is 106 g/mol. The molecule has 0 aliphatic carbocycles. The summed E-state index contributed by atoms with van der Waals surface area (Å²) in [6.07, 6.45) is -0.694. The molecule has 0 saturated carbocycles. The van der Waals surface area contributed by atoms with Gasteiger partial charge in [-0.1, -0.05) is 0 Å². The molecule has 1 atom stereocenters. The summed E-state index contributed by atoms with van der Waals surface area (Å²) in [5, 5.41) is 8.16. The summed E-state index contributed by atoms with van der Waals surface area (Å²) in [7, 11) is 1.43. The van der Waals surface area contributed by atoms with Crippen molar-refractivity contribution in [1.82, 2.24) is 0 Å². The molecule has 0 heterocycles. The van der Waals surface area contributed by atoms with Crippen molar-refractivity contribution in [3.63, 3.8) is 0 Å². The zero-order valence-electron chi connectivity index (χ0n) is 5.05. The molecule has 1 unspecified atom stereocenters. The van der Waals surface area contributed by atoms with Crippen molar-refractivity contribution in [1.29, 1.82) is 5.26 Å². The van der Waals surface area contributed by atoms with Crippen molar-refractivity contribution in [2.24, 2.45) is 0 Å². The Bertz CT molecular complexity index is 86.9. The van der Waals surface area contributed by atoms with Gasteiger partial charge in [0.05, 0.1) is 0 Å². The van der Waals surface area contributed by atoms with Crippen LogP contribution >= 0.6 is 0 Å². The molecule has 0 aromatic rings. The zero-order valence-corrected chi connectivity index (χ0v) is 5.05. The van der Waals surface area contributed by atoms with Crippen molar-refractivity contribution in [3.05, 3.63) is 0 Å². The Morgan fingerprint density at radius 2 is 2.38 bits per heavy atom. The molecule has 0 rings (SSSR count). The highest BCUT2D eigenvalue weighted by Crippen LogP contribution is 1.87. The zero-order chi connectivity index (χ0) is 6.41. The normalized spacial score (nSPS) is 12.6. The topological polar surface area (TPSA) is 42.2 Å². The molecule has 46 valence electrons. The van der Waals surface area contributed by atoms with Crippen molar-refractivity contribution < 1.29 is 9.47 Å². The third kappa shape index (κ3) is 2.56. The van der Waals surface area contributed by atoms with Crippen LogP contribution in [0, 0.1) is 11.3 Å². The second kappa shape index (κ2) is 4.57. The highest BCUT2D eigenvalue weighted by atomic mass is 16.7. The first-order valence-electron chi connectivity index (χ1n) is 2.39. The van der Waals surface area contributed by atoms with Crippen LogP contribution in [0.15, 0.2) is 0 Å². The van der Waals surface area contributed by atoms with Gasteiger partial charge in [0.2, 0.25) is 6.29 Å². The first-order valence-corrected chi connectivity index (χ1v) is 2.39. The number of nitriles is 1. The van der Waals surface area contributed by atoms with E-state index in [0.717, 1.165) is 0 Å². The summed E-state index contributed by atoms with van der Waals surface area (Å²) in [4.78, 5) is 0. The van der Waals surface area contributed by atoms with Gasteiger partial charge < -0.3 is 9.47 Å². The molecular formula is C5H9NO2. The van der Waals surface area contributed by atoms with Crippen molar-refractivity contribution in [3.8, 4) is 6.07 Å². The summed E-state index contributed by atoms with van der Waals surface area (Å²) < 4.78 is 9.31. The van der Waals surface area contributed by atoms with Gasteiger partial charge in [0.1, 0.15) is 6.07 Å². The molecule has 0 aliphatic heterocycles. The molecule has 0 fully saturated rings. The highest BCUT2D eigenvalue weighted by molar-refractivity contribution is 4.74. The first kappa shape index (κ1) is 7.41. The van der Waals surface area contributed by atoms with Crippen LogP contribution in [0.4, 0.5) is 0 Å². The molecule has 0 N–H and O–H groups in total. The second-order valence-electron chi connectivity index (χ2n) is 1.15. The standard InChI is InChI=1S/C5H9NO2/c1-3-8-5(4-6)7-2/h5H,3H2,1-2H3. The van der Waals surface area contributed by atoms with E-state index in [0.29, 0.717) is 6.61 Å². The lowest BCUT2D eigenvalue weighted by molar-refractivity contribution is -0.0806. The van der Waals surface area contributed by atoms with E-state index >= 15 is 0 Å². The molecule has 0 amide bonds. The highest BCUT2D eigenvalue weighted by Gasteiger charge is 1.99. The van der Waals surface area contributed by atoms with Gasteiger partial charge in [0, 0.05) is 13.7 Å². The van der Waals surface area contributed by atoms with E-state index in [-0.39, 0.29) is 0 Å². The molecule has 0 aliphatic rings. The van der Waals surface area contributed by atoms with Crippen LogP contribution in [0.2, 0.25) is 0 Å². The van der Waals surface area contributed by atoms with Gasteiger partial charge in [-0.05, 0) is 6.92 Å². The van der Waals surface area contributed by atoms with Crippen LogP contribution in [-0.4, -0.2) is 20.0 Å². The number of methoxy groups -OCH3 is 1. The fourth-order valence-corrected chi connectivity index (χ4v) is 0.309. The summed E-state index contributed by atoms with van der Waals surface area (Å²) in [6.45, 7) is 2.31. The Hall–Kier alpha value is -0.590. The lowest BCUT2D eigenvalue weighted by atomic mass is 10.7. The fourth-order valence-electron chi connectivity index (χ4n) is 0.309. The number of hydrogen-bond acceptors (Lipinski definition) is 3. The van der Waals surface area contributed by atoms with Gasteiger partial charge in [-0.25, -0.2) is 0 Å². The van der Waals surface area contributed by atoms with Crippen molar-refractivity contribution in [2.75, 3.05) is 13.7 Å². The van der Waals surface area contributed by atoms with E-state index in [1.165, 1.54) is 7.11 Å². The van der Waals surface area contributed by atoms with E-state index in [4.69, 9.17) is 10.00 Å². The Kier molecular flexibility index (Phi) is 4.23. The average molecular weight is 115 g/mol. The van der Waals surface area contributed by atoms with Crippen LogP contribution in [0.1, 0.15) is 6.92 Å². The van der Waals surface area contributed by atoms with Gasteiger partial charge in [-0.15, -0.1) is 0 Å². The Morgan fingerprint density at radius 1 is 1.75 bits per heavy atom. The maximum atomic E-state index is 8.16. The van der Waals surface area contributed by atoms with E-state index in [1.54, 1.807) is 0 Å². The van der Waals surface area contributed by atoms with E-state index < -0.39 is 6.29 Å². The lowest BCUT2D eigenvalue weighted by Gasteiger charge is -2.03. The summed E-state index contributed by atoms with van der Waals surface area (Å²) in [5.41, 5.74) is 0. The molecule has 0 aromatic heterocycles. The van der Waals surface area contributed by atoms with Crippen molar-refractivity contribution in [2.45, 2.75) is 13.2 Å². The molecule has 0 aromatic carbocycles. The number of hydrogen-bond donors (Lipinski definition) is 0. The third-order valence-electron chi connectivity index (χ3n) is 0.638. The average Bonchev–Trinajstić information content (AvgIpc) is 1.83. The van der Waals surface area contributed by atoms with E-state index in [1.807, 2.05) is 13.0 Å². The maximum Gasteiger partial charge on any atom is 0.248 e. The predicted molar refractivity (Wildman–Crippen MR) is 28.0 cm³/mol. The molecule has 0 bridgehead atoms. The number of nitrogens with zero attached hydrogens (tertiary/aromatic N) is 1. The SMILES string of the molecule is CCOC(C#N)OC. The van der Waals surface area contributed by atoms with Crippen LogP contribution in [0.5, 0.6) is 0 Å². The molecule has 0 spiro atoms. The van der Waals surface area contributed by atoms with E-state index in [2.05, 4.69) is 4.74 Å². The predicted octanol–water partition coefficient (Wildman–Crippen LogP) is 0.519. The molecule has 3 nitrogen and oxygen atoms in total. The molecule has 3 heteroatoms. The lowest BCUT2D eigenvalue weighted by Crippen LogP contribution is -2.11. The van der Waals surface area contributed by atoms with Gasteiger partial charge in [-0.2, -0.15) is 5.26 Å². The summed E-state index contributed by atoms with van der Waals surface area (Å²) >= 11 is 0. The van der Waals surface area contributed by atoms with Gasteiger partial charge in [0.25, 0.3) is 0 Å². The quantitative estimate of drug-likeness (QED) is 0.503. The minimum atomic E-state index is -0.694. The third-order valence-corrected chi connectivity index (χ3v) is 0.638. The van der Waals surface area contributed by atoms with Gasteiger partial charge in [0.15, 0.2) is 0 Å². The Morgan fingerprint density at radius 3 is 2.50 bits per heavy atom. The molecule has 0 radical (unpaired) electrons. The number of rotatable bonds is 3. The van der Waals surface area contributed by atoms with E-state index in [9.17, 15) is 0 Å². The second-order valence-corrected chi connectivity index (χ2v) is 1.15. The fraction of sp³-hybridized carbons (Fsp3) is 0.800. The first-order chi connectivity index (χ1) is 3.85. The number of ether oxygens (including phenoxy) is 2. The maximum absolute atomic E-state index is 8.16. The Labute approximate surface area is 48.8 Å². The van der Waals surface area contributed by atoms with Gasteiger partial charge >= 0.3 is 0 Å². The largest absolute Gasteiger partial charge is 0.344 e. The van der Waals surface area contributed by atoms with Crippen LogP contribution < -0.4 is 0 Å². The molecule has 0 saturated heterocycles. The van der Waals surface area contributed by atoms with Crippen molar-refractivity contribution >= 4 is 0 Å². The smallest absolute Gasteiger partial charge is 0.248 e. The van der Waals surface area contributed by atoms with Crippen LogP contribution in [0.3, 0.4) is 0 Å². The van der Waals surface area contributed by atoms with Gasteiger partial charge in [-0.3, -0.25) is 0 Å². The Balaban J connectivity index is 3.26. The molecule has 8 heavy (non-hydrogen) atoms. The minimum Gasteiger partial charge on any atom is -0.344 e. The summed E-state index contributed by atoms with van der Waals surface area (Å²) in [5.74, 6) is 0. The van der Waals surface area contributed by atoms with Crippen LogP contribution in [-0.2, 0) is 9.47 Å². The monoisotopic (exact) mass is 115 g/mol. The minimum absolute atomic E-state index is 0.506. The summed E-state index contributed by atoms with van der Waals surface area (Å²) in [6, 6.07) is 1.81.